The number of benzene rings is 2. The average Bonchev–Trinajstić information content (AvgIpc) is 3.04. The van der Waals surface area contributed by atoms with E-state index in [1.54, 1.807) is 43.3 Å². The minimum Gasteiger partial charge on any atom is -0.493 e. The van der Waals surface area contributed by atoms with Crippen LogP contribution in [0.5, 0.6) is 11.5 Å². The Morgan fingerprint density at radius 3 is 2.40 bits per heavy atom. The molecule has 30 heavy (non-hydrogen) atoms. The first-order chi connectivity index (χ1) is 14.4. The van der Waals surface area contributed by atoms with E-state index in [0.29, 0.717) is 22.6 Å². The minimum absolute atomic E-state index is 0.0850. The molecule has 0 radical (unpaired) electrons. The van der Waals surface area contributed by atoms with Gasteiger partial charge in [0.05, 0.1) is 19.9 Å². The number of fused-ring (bicyclic) bond motifs is 1. The summed E-state index contributed by atoms with van der Waals surface area (Å²) in [6.45, 7) is 1.74. The van der Waals surface area contributed by atoms with Crippen molar-refractivity contribution in [3.05, 3.63) is 53.1 Å². The highest BCUT2D eigenvalue weighted by molar-refractivity contribution is 6.28. The van der Waals surface area contributed by atoms with Crippen molar-refractivity contribution >= 4 is 29.5 Å². The number of hydrogen-bond acceptors (Lipinski definition) is 7. The fourth-order valence-electron chi connectivity index (χ4n) is 3.77. The number of methoxy groups -OCH3 is 2. The lowest BCUT2D eigenvalue weighted by atomic mass is 9.90. The molecule has 2 aliphatic heterocycles. The van der Waals surface area contributed by atoms with Crippen LogP contribution in [0.15, 0.2) is 36.4 Å². The van der Waals surface area contributed by atoms with Gasteiger partial charge in [-0.2, -0.15) is 0 Å². The summed E-state index contributed by atoms with van der Waals surface area (Å²) in [6.07, 6.45) is -1.21. The number of imide groups is 2. The number of amides is 4. The molecule has 2 heterocycles. The van der Waals surface area contributed by atoms with Gasteiger partial charge >= 0.3 is 12.0 Å². The van der Waals surface area contributed by atoms with E-state index in [1.165, 1.54) is 14.2 Å². The molecule has 2 aromatic rings. The van der Waals surface area contributed by atoms with Crippen molar-refractivity contribution in [3.8, 4) is 11.5 Å². The molecule has 0 aromatic heterocycles. The van der Waals surface area contributed by atoms with E-state index in [9.17, 15) is 19.2 Å². The predicted octanol–water partition coefficient (Wildman–Crippen LogP) is 2.12. The summed E-state index contributed by atoms with van der Waals surface area (Å²) in [5.74, 6) is -3.34. The Labute approximate surface area is 171 Å². The number of para-hydroxylation sites is 1. The Bertz CT molecular complexity index is 1090. The number of esters is 1. The van der Waals surface area contributed by atoms with Crippen LogP contribution >= 0.6 is 0 Å². The Morgan fingerprint density at radius 1 is 1.00 bits per heavy atom. The van der Waals surface area contributed by atoms with Crippen LogP contribution < -0.4 is 19.7 Å². The lowest BCUT2D eigenvalue weighted by molar-refractivity contribution is -0.139. The Balaban J connectivity index is 1.79. The van der Waals surface area contributed by atoms with E-state index in [4.69, 9.17) is 14.2 Å². The number of carbonyl (C=O) groups is 4. The smallest absolute Gasteiger partial charge is 0.343 e. The summed E-state index contributed by atoms with van der Waals surface area (Å²) in [4.78, 5) is 51.8. The first-order valence-corrected chi connectivity index (χ1v) is 9.09. The highest BCUT2D eigenvalue weighted by atomic mass is 16.6. The Hall–Kier alpha value is -3.88. The van der Waals surface area contributed by atoms with Gasteiger partial charge in [0.25, 0.3) is 5.91 Å². The number of urea groups is 1. The average molecular weight is 410 g/mol. The molecule has 1 saturated heterocycles. The van der Waals surface area contributed by atoms with Crippen molar-refractivity contribution in [1.82, 2.24) is 5.32 Å². The number of aryl methyl sites for hydroxylation is 1. The van der Waals surface area contributed by atoms with Crippen LogP contribution in [0.3, 0.4) is 0 Å². The number of anilines is 1. The van der Waals surface area contributed by atoms with E-state index in [0.717, 1.165) is 4.90 Å². The fraction of sp³-hybridized carbons (Fsp3) is 0.238. The van der Waals surface area contributed by atoms with E-state index in [-0.39, 0.29) is 11.3 Å². The first kappa shape index (κ1) is 19.4. The number of nitrogens with one attached hydrogen (secondary N) is 1. The molecule has 2 aliphatic rings. The molecule has 0 aliphatic carbocycles. The molecule has 4 amide bonds. The highest BCUT2D eigenvalue weighted by Gasteiger charge is 2.51. The molecule has 1 fully saturated rings. The second kappa shape index (κ2) is 7.18. The van der Waals surface area contributed by atoms with Crippen molar-refractivity contribution in [3.63, 3.8) is 0 Å². The maximum Gasteiger partial charge on any atom is 0.343 e. The predicted molar refractivity (Wildman–Crippen MR) is 103 cm³/mol. The molecule has 1 N–H and O–H groups in total. The van der Waals surface area contributed by atoms with Crippen LogP contribution in [0, 0.1) is 12.8 Å². The number of cyclic esters (lactones) is 1. The molecular formula is C21H18N2O7. The molecule has 9 heteroatoms. The molecule has 0 bridgehead atoms. The lowest BCUT2D eigenvalue weighted by Gasteiger charge is -2.33. The molecule has 0 saturated carbocycles. The summed E-state index contributed by atoms with van der Waals surface area (Å²) in [5.41, 5.74) is 1.41. The van der Waals surface area contributed by atoms with Crippen molar-refractivity contribution in [2.75, 3.05) is 19.1 Å². The molecule has 2 atom stereocenters. The van der Waals surface area contributed by atoms with Crippen molar-refractivity contribution in [2.24, 2.45) is 5.92 Å². The van der Waals surface area contributed by atoms with Gasteiger partial charge in [-0.05, 0) is 24.6 Å². The van der Waals surface area contributed by atoms with Crippen molar-refractivity contribution in [1.29, 1.82) is 0 Å². The van der Waals surface area contributed by atoms with Gasteiger partial charge in [0.15, 0.2) is 17.4 Å². The lowest BCUT2D eigenvalue weighted by Crippen LogP contribution is -2.59. The van der Waals surface area contributed by atoms with Gasteiger partial charge < -0.3 is 14.2 Å². The molecule has 154 valence electrons. The first-order valence-electron chi connectivity index (χ1n) is 9.09. The molecule has 9 nitrogen and oxygen atoms in total. The number of barbiturate groups is 1. The second-order valence-corrected chi connectivity index (χ2v) is 6.82. The number of carbonyl (C=O) groups excluding carboxylic acids is 4. The van der Waals surface area contributed by atoms with Crippen LogP contribution in [0.25, 0.3) is 0 Å². The van der Waals surface area contributed by atoms with Crippen LogP contribution in [-0.4, -0.2) is 38.0 Å². The standard InChI is InChI=1S/C21H18N2O7/c1-10-6-4-5-7-12(10)23-19(25)15(18(24)22-21(23)27)16-11-8-9-13(28-2)17(29-3)14(11)20(26)30-16/h4-9,15-16H,1-3H3,(H,22,24,27)/t15-,16+/m0/s1. The SMILES string of the molecule is COc1ccc2c(c1OC)C(=O)O[C@H]2[C@H]1C(=O)NC(=O)N(c2ccccc2C)C1=O. The third kappa shape index (κ3) is 2.78. The van der Waals surface area contributed by atoms with Gasteiger partial charge in [0.1, 0.15) is 11.7 Å². The van der Waals surface area contributed by atoms with Crippen molar-refractivity contribution in [2.45, 2.75) is 13.0 Å². The Kier molecular flexibility index (Phi) is 4.65. The van der Waals surface area contributed by atoms with Crippen LogP contribution in [0.2, 0.25) is 0 Å². The summed E-state index contributed by atoms with van der Waals surface area (Å²) in [6, 6.07) is 9.03. The van der Waals surface area contributed by atoms with Gasteiger partial charge in [0.2, 0.25) is 5.91 Å². The zero-order valence-electron chi connectivity index (χ0n) is 16.4. The maximum atomic E-state index is 13.3. The maximum absolute atomic E-state index is 13.3. The van der Waals surface area contributed by atoms with E-state index < -0.39 is 35.8 Å². The van der Waals surface area contributed by atoms with Crippen LogP contribution in [-0.2, 0) is 14.3 Å². The second-order valence-electron chi connectivity index (χ2n) is 6.82. The third-order valence-corrected chi connectivity index (χ3v) is 5.18. The largest absolute Gasteiger partial charge is 0.493 e. The minimum atomic E-state index is -1.44. The zero-order valence-corrected chi connectivity index (χ0v) is 16.4. The van der Waals surface area contributed by atoms with E-state index in [1.807, 2.05) is 0 Å². The monoisotopic (exact) mass is 410 g/mol. The van der Waals surface area contributed by atoms with Crippen LogP contribution in [0.4, 0.5) is 10.5 Å². The third-order valence-electron chi connectivity index (χ3n) is 5.18. The summed E-state index contributed by atoms with van der Waals surface area (Å²) < 4.78 is 15.9. The van der Waals surface area contributed by atoms with Gasteiger partial charge in [-0.15, -0.1) is 0 Å². The van der Waals surface area contributed by atoms with E-state index >= 15 is 0 Å². The quantitative estimate of drug-likeness (QED) is 0.607. The molecule has 0 unspecified atom stereocenters. The summed E-state index contributed by atoms with van der Waals surface area (Å²) in [5, 5.41) is 2.19. The molecule has 0 spiro atoms. The van der Waals surface area contributed by atoms with Gasteiger partial charge in [-0.25, -0.2) is 14.5 Å². The number of nitrogens with zero attached hydrogens (tertiary/aromatic N) is 1. The number of rotatable bonds is 4. The van der Waals surface area contributed by atoms with Crippen molar-refractivity contribution < 1.29 is 33.4 Å². The van der Waals surface area contributed by atoms with E-state index in [2.05, 4.69) is 5.32 Å². The summed E-state index contributed by atoms with van der Waals surface area (Å²) in [7, 11) is 2.79. The van der Waals surface area contributed by atoms with Crippen LogP contribution in [0.1, 0.15) is 27.6 Å². The van der Waals surface area contributed by atoms with Gasteiger partial charge in [-0.1, -0.05) is 24.3 Å². The summed E-state index contributed by atoms with van der Waals surface area (Å²) >= 11 is 0. The molecular weight excluding hydrogens is 392 g/mol. The normalized spacial score (nSPS) is 20.6. The fourth-order valence-corrected chi connectivity index (χ4v) is 3.77. The topological polar surface area (TPSA) is 111 Å². The zero-order chi connectivity index (χ0) is 21.6. The molecule has 2 aromatic carbocycles. The highest BCUT2D eigenvalue weighted by Crippen LogP contribution is 2.45. The Morgan fingerprint density at radius 2 is 1.73 bits per heavy atom. The van der Waals surface area contributed by atoms with Gasteiger partial charge in [0, 0.05) is 5.56 Å². The molecule has 4 rings (SSSR count). The number of hydrogen-bond donors (Lipinski definition) is 1. The number of ether oxygens (including phenoxy) is 3. The van der Waals surface area contributed by atoms with Gasteiger partial charge in [-0.3, -0.25) is 14.9 Å².